The molecule has 0 bridgehead atoms. The average molecular weight is 372 g/mol. The summed E-state index contributed by atoms with van der Waals surface area (Å²) in [5.74, 6) is 1.60. The van der Waals surface area contributed by atoms with Crippen LogP contribution in [-0.2, 0) is 22.7 Å². The zero-order chi connectivity index (χ0) is 18.1. The first-order valence-electron chi connectivity index (χ1n) is 9.26. The zero-order valence-electron chi connectivity index (χ0n) is 15.0. The molecular weight excluding hydrogens is 348 g/mol. The van der Waals surface area contributed by atoms with E-state index in [2.05, 4.69) is 10.3 Å². The van der Waals surface area contributed by atoms with Crippen molar-refractivity contribution in [2.75, 3.05) is 11.6 Å². The smallest absolute Gasteiger partial charge is 0.161 e. The second-order valence-corrected chi connectivity index (χ2v) is 9.70. The first-order chi connectivity index (χ1) is 12.5. The van der Waals surface area contributed by atoms with E-state index in [0.717, 1.165) is 55.6 Å². The summed E-state index contributed by atoms with van der Waals surface area (Å²) >= 11 is 0. The van der Waals surface area contributed by atoms with Crippen molar-refractivity contribution in [2.24, 2.45) is 0 Å². The summed E-state index contributed by atoms with van der Waals surface area (Å²) in [6.07, 6.45) is 11.2. The minimum absolute atomic E-state index is 0.147. The number of fused-ring (bicyclic) bond motifs is 1. The Morgan fingerprint density at radius 1 is 1.08 bits per heavy atom. The fraction of sp³-hybridized carbons (Fsp3) is 0.526. The molecule has 1 saturated carbocycles. The first-order valence-corrected chi connectivity index (χ1v) is 11.2. The van der Waals surface area contributed by atoms with E-state index in [1.165, 1.54) is 11.8 Å². The van der Waals surface area contributed by atoms with Gasteiger partial charge >= 0.3 is 0 Å². The highest BCUT2D eigenvalue weighted by Gasteiger charge is 2.30. The largest absolute Gasteiger partial charge is 0.367 e. The molecule has 2 aliphatic rings. The molecule has 2 unspecified atom stereocenters. The summed E-state index contributed by atoms with van der Waals surface area (Å²) in [7, 11) is -2.99. The summed E-state index contributed by atoms with van der Waals surface area (Å²) in [6, 6.07) is 3.98. The van der Waals surface area contributed by atoms with Crippen molar-refractivity contribution < 1.29 is 8.42 Å². The summed E-state index contributed by atoms with van der Waals surface area (Å²) in [6.45, 7) is 0. The van der Waals surface area contributed by atoms with Gasteiger partial charge in [-0.3, -0.25) is 4.98 Å². The number of aryl methyl sites for hydroxylation is 1. The molecular formula is C19H24N4O2S. The minimum Gasteiger partial charge on any atom is -0.367 e. The molecule has 138 valence electrons. The van der Waals surface area contributed by atoms with Gasteiger partial charge in [0.05, 0.1) is 5.25 Å². The second-order valence-electron chi connectivity index (χ2n) is 7.37. The van der Waals surface area contributed by atoms with Crippen LogP contribution in [0, 0.1) is 0 Å². The van der Waals surface area contributed by atoms with E-state index in [1.54, 1.807) is 12.4 Å². The Balaban J connectivity index is 1.63. The van der Waals surface area contributed by atoms with Gasteiger partial charge in [0.25, 0.3) is 0 Å². The van der Waals surface area contributed by atoms with Gasteiger partial charge in [0, 0.05) is 41.5 Å². The number of nitrogens with zero attached hydrogens (tertiary/aromatic N) is 3. The average Bonchev–Trinajstić information content (AvgIpc) is 3.11. The zero-order valence-corrected chi connectivity index (χ0v) is 15.8. The Morgan fingerprint density at radius 3 is 2.65 bits per heavy atom. The van der Waals surface area contributed by atoms with Gasteiger partial charge in [-0.1, -0.05) is 6.42 Å². The number of pyridine rings is 1. The van der Waals surface area contributed by atoms with Crippen LogP contribution in [0.5, 0.6) is 0 Å². The van der Waals surface area contributed by atoms with Gasteiger partial charge in [-0.15, -0.1) is 0 Å². The molecule has 1 fully saturated rings. The van der Waals surface area contributed by atoms with Gasteiger partial charge in [-0.25, -0.2) is 18.4 Å². The van der Waals surface area contributed by atoms with E-state index in [4.69, 9.17) is 9.97 Å². The molecule has 1 N–H and O–H groups in total. The summed E-state index contributed by atoms with van der Waals surface area (Å²) in [5, 5.41) is 3.32. The Bertz CT molecular complexity index is 899. The van der Waals surface area contributed by atoms with Gasteiger partial charge in [0.2, 0.25) is 0 Å². The fourth-order valence-electron chi connectivity index (χ4n) is 4.04. The normalized spacial score (nSPS) is 22.8. The van der Waals surface area contributed by atoms with Gasteiger partial charge in [-0.05, 0) is 50.7 Å². The molecule has 0 amide bonds. The van der Waals surface area contributed by atoms with Crippen molar-refractivity contribution >= 4 is 15.7 Å². The molecule has 0 saturated heterocycles. The highest BCUT2D eigenvalue weighted by atomic mass is 32.2. The maximum atomic E-state index is 12.0. The number of hydrogen-bond donors (Lipinski definition) is 1. The Morgan fingerprint density at radius 2 is 1.88 bits per heavy atom. The molecule has 2 aromatic rings. The Kier molecular flexibility index (Phi) is 4.65. The van der Waals surface area contributed by atoms with Crippen molar-refractivity contribution in [1.29, 1.82) is 0 Å². The molecule has 7 heteroatoms. The predicted molar refractivity (Wildman–Crippen MR) is 102 cm³/mol. The molecule has 6 nitrogen and oxygen atoms in total. The van der Waals surface area contributed by atoms with Crippen LogP contribution in [0.15, 0.2) is 24.5 Å². The second kappa shape index (κ2) is 6.95. The molecule has 0 aliphatic heterocycles. The maximum Gasteiger partial charge on any atom is 0.161 e. The standard InChI is InChI=1S/C19H24N4O2S/c1-26(24,25)15-5-2-4-14(12-15)21-19-16-6-3-7-17(16)22-18(23-19)13-8-10-20-11-9-13/h8-11,14-15H,2-7,12H2,1H3,(H,21,22,23). The highest BCUT2D eigenvalue weighted by molar-refractivity contribution is 7.91. The van der Waals surface area contributed by atoms with Crippen LogP contribution in [-0.4, -0.2) is 40.9 Å². The summed E-state index contributed by atoms with van der Waals surface area (Å²) in [5.41, 5.74) is 3.27. The molecule has 2 aliphatic carbocycles. The van der Waals surface area contributed by atoms with E-state index in [-0.39, 0.29) is 11.3 Å². The third kappa shape index (κ3) is 3.58. The van der Waals surface area contributed by atoms with Crippen molar-refractivity contribution in [3.8, 4) is 11.4 Å². The Labute approximate surface area is 154 Å². The monoisotopic (exact) mass is 372 g/mol. The highest BCUT2D eigenvalue weighted by Crippen LogP contribution is 2.32. The van der Waals surface area contributed by atoms with Gasteiger partial charge in [0.15, 0.2) is 5.82 Å². The number of anilines is 1. The van der Waals surface area contributed by atoms with Gasteiger partial charge < -0.3 is 5.32 Å². The molecule has 0 radical (unpaired) electrons. The molecule has 0 aromatic carbocycles. The van der Waals surface area contributed by atoms with Crippen molar-refractivity contribution in [3.05, 3.63) is 35.8 Å². The SMILES string of the molecule is CS(=O)(=O)C1CCCC(Nc2nc(-c3ccncc3)nc3c2CCC3)C1. The lowest BCUT2D eigenvalue weighted by Gasteiger charge is -2.29. The predicted octanol–water partition coefficient (Wildman–Crippen LogP) is 2.80. The number of hydrogen-bond acceptors (Lipinski definition) is 6. The summed E-state index contributed by atoms with van der Waals surface area (Å²) in [4.78, 5) is 13.6. The van der Waals surface area contributed by atoms with E-state index in [0.29, 0.717) is 12.2 Å². The molecule has 26 heavy (non-hydrogen) atoms. The van der Waals surface area contributed by atoms with Crippen molar-refractivity contribution in [3.63, 3.8) is 0 Å². The molecule has 4 rings (SSSR count). The van der Waals surface area contributed by atoms with Crippen LogP contribution >= 0.6 is 0 Å². The molecule has 2 atom stereocenters. The fourth-order valence-corrected chi connectivity index (χ4v) is 5.22. The molecule has 0 spiro atoms. The van der Waals surface area contributed by atoms with Gasteiger partial charge in [0.1, 0.15) is 15.7 Å². The van der Waals surface area contributed by atoms with Gasteiger partial charge in [-0.2, -0.15) is 0 Å². The van der Waals surface area contributed by atoms with Crippen LogP contribution in [0.4, 0.5) is 5.82 Å². The lowest BCUT2D eigenvalue weighted by molar-refractivity contribution is 0.452. The topological polar surface area (TPSA) is 84.8 Å². The van der Waals surface area contributed by atoms with Crippen LogP contribution in [0.2, 0.25) is 0 Å². The molecule has 2 aromatic heterocycles. The van der Waals surface area contributed by atoms with Crippen LogP contribution in [0.25, 0.3) is 11.4 Å². The van der Waals surface area contributed by atoms with E-state index in [1.807, 2.05) is 12.1 Å². The van der Waals surface area contributed by atoms with Crippen LogP contribution < -0.4 is 5.32 Å². The quantitative estimate of drug-likeness (QED) is 0.888. The van der Waals surface area contributed by atoms with Crippen LogP contribution in [0.3, 0.4) is 0 Å². The third-order valence-electron chi connectivity index (χ3n) is 5.44. The summed E-state index contributed by atoms with van der Waals surface area (Å²) < 4.78 is 23.9. The van der Waals surface area contributed by atoms with Crippen molar-refractivity contribution in [2.45, 2.75) is 56.2 Å². The number of aromatic nitrogens is 3. The third-order valence-corrected chi connectivity index (χ3v) is 7.08. The van der Waals surface area contributed by atoms with Crippen LogP contribution in [0.1, 0.15) is 43.4 Å². The number of sulfone groups is 1. The number of rotatable bonds is 4. The number of nitrogens with one attached hydrogen (secondary N) is 1. The van der Waals surface area contributed by atoms with E-state index >= 15 is 0 Å². The van der Waals surface area contributed by atoms with Crippen molar-refractivity contribution in [1.82, 2.24) is 15.0 Å². The van der Waals surface area contributed by atoms with E-state index < -0.39 is 9.84 Å². The maximum absolute atomic E-state index is 12.0. The van der Waals surface area contributed by atoms with E-state index in [9.17, 15) is 8.42 Å². The lowest BCUT2D eigenvalue weighted by Crippen LogP contribution is -2.34. The molecule has 2 heterocycles. The lowest BCUT2D eigenvalue weighted by atomic mass is 9.95. The minimum atomic E-state index is -2.99. The Hall–Kier alpha value is -2.02. The first kappa shape index (κ1) is 17.4.